The first-order valence-corrected chi connectivity index (χ1v) is 7.20. The van der Waals surface area contributed by atoms with Crippen LogP contribution in [0.2, 0.25) is 5.02 Å². The Balaban J connectivity index is 2.09. The number of carbonyl (C=O) groups excluding carboxylic acids is 1. The van der Waals surface area contributed by atoms with Gasteiger partial charge in [0.05, 0.1) is 11.2 Å². The standard InChI is InChI=1S/C17H12ClFN2O2/c1-21-9-12(16(22)11-8-10(18)6-7-15(11)21)17(23)20-14-5-3-2-4-13(14)19/h2-9H,1H3,(H,20,23). The van der Waals surface area contributed by atoms with Gasteiger partial charge in [0, 0.05) is 23.7 Å². The maximum Gasteiger partial charge on any atom is 0.261 e. The SMILES string of the molecule is Cn1cc(C(=O)Nc2ccccc2F)c(=O)c2cc(Cl)ccc21. The van der Waals surface area contributed by atoms with Gasteiger partial charge in [0.15, 0.2) is 0 Å². The van der Waals surface area contributed by atoms with E-state index in [1.807, 2.05) is 0 Å². The van der Waals surface area contributed by atoms with Crippen LogP contribution in [0, 0.1) is 5.82 Å². The van der Waals surface area contributed by atoms with E-state index in [2.05, 4.69) is 5.32 Å². The van der Waals surface area contributed by atoms with E-state index >= 15 is 0 Å². The highest BCUT2D eigenvalue weighted by Crippen LogP contribution is 2.18. The second-order valence-electron chi connectivity index (χ2n) is 5.08. The molecule has 4 nitrogen and oxygen atoms in total. The van der Waals surface area contributed by atoms with Gasteiger partial charge in [0.1, 0.15) is 11.4 Å². The van der Waals surface area contributed by atoms with Gasteiger partial charge in [-0.25, -0.2) is 4.39 Å². The number of halogens is 2. The first kappa shape index (κ1) is 15.2. The fraction of sp³-hybridized carbons (Fsp3) is 0.0588. The molecule has 0 aliphatic heterocycles. The zero-order valence-corrected chi connectivity index (χ0v) is 12.9. The smallest absolute Gasteiger partial charge is 0.261 e. The van der Waals surface area contributed by atoms with Crippen molar-refractivity contribution in [3.63, 3.8) is 0 Å². The molecular weight excluding hydrogens is 319 g/mol. The predicted molar refractivity (Wildman–Crippen MR) is 88.6 cm³/mol. The fourth-order valence-corrected chi connectivity index (χ4v) is 2.55. The van der Waals surface area contributed by atoms with Gasteiger partial charge in [-0.15, -0.1) is 0 Å². The largest absolute Gasteiger partial charge is 0.350 e. The van der Waals surface area contributed by atoms with Crippen LogP contribution in [-0.2, 0) is 7.05 Å². The first-order valence-electron chi connectivity index (χ1n) is 6.82. The third kappa shape index (κ3) is 2.83. The number of carbonyl (C=O) groups is 1. The van der Waals surface area contributed by atoms with E-state index in [9.17, 15) is 14.0 Å². The fourth-order valence-electron chi connectivity index (χ4n) is 2.38. The molecule has 2 aromatic carbocycles. The number of hydrogen-bond donors (Lipinski definition) is 1. The van der Waals surface area contributed by atoms with Gasteiger partial charge >= 0.3 is 0 Å². The third-order valence-electron chi connectivity index (χ3n) is 3.52. The number of nitrogens with zero attached hydrogens (tertiary/aromatic N) is 1. The monoisotopic (exact) mass is 330 g/mol. The summed E-state index contributed by atoms with van der Waals surface area (Å²) in [5, 5.41) is 3.15. The van der Waals surface area contributed by atoms with Crippen molar-refractivity contribution in [3.05, 3.63) is 75.3 Å². The lowest BCUT2D eigenvalue weighted by Crippen LogP contribution is -2.23. The lowest BCUT2D eigenvalue weighted by atomic mass is 10.1. The van der Waals surface area contributed by atoms with E-state index in [-0.39, 0.29) is 11.3 Å². The number of amides is 1. The molecule has 0 spiro atoms. The molecule has 1 amide bonds. The molecular formula is C17H12ClFN2O2. The molecule has 3 aromatic rings. The van der Waals surface area contributed by atoms with Crippen LogP contribution in [0.3, 0.4) is 0 Å². The molecule has 0 aliphatic carbocycles. The maximum absolute atomic E-state index is 13.6. The summed E-state index contributed by atoms with van der Waals surface area (Å²) >= 11 is 5.93. The Bertz CT molecular complexity index is 982. The zero-order valence-electron chi connectivity index (χ0n) is 12.1. The van der Waals surface area contributed by atoms with Crippen LogP contribution in [0.4, 0.5) is 10.1 Å². The molecule has 116 valence electrons. The van der Waals surface area contributed by atoms with E-state index in [4.69, 9.17) is 11.6 Å². The van der Waals surface area contributed by atoms with Crippen molar-refractivity contribution in [2.24, 2.45) is 7.05 Å². The molecule has 0 saturated heterocycles. The molecule has 1 heterocycles. The van der Waals surface area contributed by atoms with Crippen molar-refractivity contribution < 1.29 is 9.18 Å². The number of para-hydroxylation sites is 1. The number of aromatic nitrogens is 1. The van der Waals surface area contributed by atoms with E-state index < -0.39 is 17.2 Å². The Morgan fingerprint density at radius 2 is 1.96 bits per heavy atom. The molecule has 23 heavy (non-hydrogen) atoms. The average molecular weight is 331 g/mol. The van der Waals surface area contributed by atoms with Crippen LogP contribution in [0.1, 0.15) is 10.4 Å². The average Bonchev–Trinajstić information content (AvgIpc) is 2.53. The lowest BCUT2D eigenvalue weighted by molar-refractivity contribution is 0.102. The molecule has 1 aromatic heterocycles. The second kappa shape index (κ2) is 5.85. The van der Waals surface area contributed by atoms with Crippen LogP contribution in [-0.4, -0.2) is 10.5 Å². The summed E-state index contributed by atoms with van der Waals surface area (Å²) in [5.74, 6) is -1.24. The number of fused-ring (bicyclic) bond motifs is 1. The van der Waals surface area contributed by atoms with Crippen LogP contribution in [0.5, 0.6) is 0 Å². The molecule has 0 radical (unpaired) electrons. The molecule has 6 heteroatoms. The zero-order chi connectivity index (χ0) is 16.6. The van der Waals surface area contributed by atoms with Gasteiger partial charge in [-0.3, -0.25) is 9.59 Å². The summed E-state index contributed by atoms with van der Waals surface area (Å²) in [6.07, 6.45) is 1.43. The maximum atomic E-state index is 13.6. The first-order chi connectivity index (χ1) is 11.0. The number of aryl methyl sites for hydroxylation is 1. The van der Waals surface area contributed by atoms with E-state index in [0.717, 1.165) is 0 Å². The second-order valence-corrected chi connectivity index (χ2v) is 5.51. The Morgan fingerprint density at radius 3 is 2.70 bits per heavy atom. The van der Waals surface area contributed by atoms with Crippen molar-refractivity contribution in [3.8, 4) is 0 Å². The van der Waals surface area contributed by atoms with E-state index in [0.29, 0.717) is 15.9 Å². The van der Waals surface area contributed by atoms with Gasteiger partial charge < -0.3 is 9.88 Å². The minimum absolute atomic E-state index is 0.0192. The summed E-state index contributed by atoms with van der Waals surface area (Å²) < 4.78 is 15.3. The molecule has 3 rings (SSSR count). The van der Waals surface area contributed by atoms with Crippen LogP contribution >= 0.6 is 11.6 Å². The van der Waals surface area contributed by atoms with Gasteiger partial charge in [-0.1, -0.05) is 23.7 Å². The van der Waals surface area contributed by atoms with Gasteiger partial charge in [-0.05, 0) is 30.3 Å². The van der Waals surface area contributed by atoms with E-state index in [1.165, 1.54) is 30.5 Å². The predicted octanol–water partition coefficient (Wildman–Crippen LogP) is 3.58. The number of pyridine rings is 1. The number of benzene rings is 2. The molecule has 1 N–H and O–H groups in total. The normalized spacial score (nSPS) is 10.7. The van der Waals surface area contributed by atoms with Crippen molar-refractivity contribution in [1.29, 1.82) is 0 Å². The highest BCUT2D eigenvalue weighted by atomic mass is 35.5. The van der Waals surface area contributed by atoms with Crippen molar-refractivity contribution in [2.75, 3.05) is 5.32 Å². The van der Waals surface area contributed by atoms with Crippen LogP contribution in [0.15, 0.2) is 53.5 Å². The summed E-state index contributed by atoms with van der Waals surface area (Å²) in [7, 11) is 1.72. The van der Waals surface area contributed by atoms with Crippen molar-refractivity contribution in [1.82, 2.24) is 4.57 Å². The molecule has 0 aliphatic rings. The Kier molecular flexibility index (Phi) is 3.88. The lowest BCUT2D eigenvalue weighted by Gasteiger charge is -2.10. The van der Waals surface area contributed by atoms with Crippen LogP contribution in [0.25, 0.3) is 10.9 Å². The summed E-state index contributed by atoms with van der Waals surface area (Å²) in [6.45, 7) is 0. The van der Waals surface area contributed by atoms with Crippen molar-refractivity contribution >= 4 is 34.1 Å². The third-order valence-corrected chi connectivity index (χ3v) is 3.75. The Morgan fingerprint density at radius 1 is 1.22 bits per heavy atom. The summed E-state index contributed by atoms with van der Waals surface area (Å²) in [6, 6.07) is 10.7. The number of anilines is 1. The minimum Gasteiger partial charge on any atom is -0.350 e. The summed E-state index contributed by atoms with van der Waals surface area (Å²) in [4.78, 5) is 24.9. The molecule has 0 bridgehead atoms. The highest BCUT2D eigenvalue weighted by molar-refractivity contribution is 6.31. The topological polar surface area (TPSA) is 51.1 Å². The van der Waals surface area contributed by atoms with Crippen LogP contribution < -0.4 is 10.7 Å². The number of hydrogen-bond acceptors (Lipinski definition) is 2. The molecule has 0 unspecified atom stereocenters. The molecule has 0 fully saturated rings. The van der Waals surface area contributed by atoms with Crippen molar-refractivity contribution in [2.45, 2.75) is 0 Å². The molecule has 0 saturated carbocycles. The number of rotatable bonds is 2. The van der Waals surface area contributed by atoms with E-state index in [1.54, 1.807) is 29.8 Å². The highest BCUT2D eigenvalue weighted by Gasteiger charge is 2.16. The summed E-state index contributed by atoms with van der Waals surface area (Å²) in [5.41, 5.74) is 0.146. The van der Waals surface area contributed by atoms with Gasteiger partial charge in [-0.2, -0.15) is 0 Å². The Labute approximate surface area is 136 Å². The Hall–Kier alpha value is -2.66. The quantitative estimate of drug-likeness (QED) is 0.780. The van der Waals surface area contributed by atoms with Gasteiger partial charge in [0.2, 0.25) is 5.43 Å². The van der Waals surface area contributed by atoms with Gasteiger partial charge in [0.25, 0.3) is 5.91 Å². The molecule has 0 atom stereocenters. The number of nitrogens with one attached hydrogen (secondary N) is 1. The minimum atomic E-state index is -0.669.